The molecule has 3 atom stereocenters. The van der Waals surface area contributed by atoms with Gasteiger partial charge in [0.1, 0.15) is 0 Å². The Labute approximate surface area is 108 Å². The third-order valence-electron chi connectivity index (χ3n) is 3.79. The molecular formula is C13H24N2O3. The van der Waals surface area contributed by atoms with E-state index >= 15 is 0 Å². The highest BCUT2D eigenvalue weighted by atomic mass is 16.4. The Morgan fingerprint density at radius 3 is 2.56 bits per heavy atom. The molecule has 1 aliphatic rings. The molecule has 1 fully saturated rings. The Morgan fingerprint density at radius 2 is 2.06 bits per heavy atom. The van der Waals surface area contributed by atoms with Crippen LogP contribution in [0.4, 0.5) is 0 Å². The molecule has 0 aromatic carbocycles. The average Bonchev–Trinajstić information content (AvgIpc) is 2.69. The van der Waals surface area contributed by atoms with Crippen LogP contribution in [0.1, 0.15) is 33.1 Å². The minimum atomic E-state index is -0.797. The number of carbonyl (C=O) groups is 2. The number of amides is 1. The second-order valence-corrected chi connectivity index (χ2v) is 5.44. The summed E-state index contributed by atoms with van der Waals surface area (Å²) in [6.45, 7) is 5.56. The first kappa shape index (κ1) is 15.0. The number of carbonyl (C=O) groups excluding carboxylic acids is 1. The van der Waals surface area contributed by atoms with E-state index in [4.69, 9.17) is 10.8 Å². The number of rotatable bonds is 6. The predicted molar refractivity (Wildman–Crippen MR) is 68.9 cm³/mol. The van der Waals surface area contributed by atoms with Crippen LogP contribution >= 0.6 is 0 Å². The van der Waals surface area contributed by atoms with E-state index in [1.807, 2.05) is 6.92 Å². The van der Waals surface area contributed by atoms with Gasteiger partial charge < -0.3 is 15.7 Å². The van der Waals surface area contributed by atoms with E-state index in [-0.39, 0.29) is 11.8 Å². The van der Waals surface area contributed by atoms with Gasteiger partial charge in [-0.25, -0.2) is 0 Å². The van der Waals surface area contributed by atoms with E-state index in [0.29, 0.717) is 32.0 Å². The molecule has 104 valence electrons. The van der Waals surface area contributed by atoms with Crippen LogP contribution in [-0.4, -0.2) is 41.5 Å². The number of likely N-dealkylation sites (tertiary alicyclic amines) is 1. The molecular weight excluding hydrogens is 232 g/mol. The summed E-state index contributed by atoms with van der Waals surface area (Å²) in [7, 11) is 0. The Balaban J connectivity index is 2.38. The Bertz CT molecular complexity index is 307. The molecule has 5 nitrogen and oxygen atoms in total. The smallest absolute Gasteiger partial charge is 0.308 e. The van der Waals surface area contributed by atoms with E-state index in [2.05, 4.69) is 6.92 Å². The molecule has 1 aliphatic heterocycles. The average molecular weight is 256 g/mol. The molecule has 5 heteroatoms. The van der Waals surface area contributed by atoms with E-state index in [1.165, 1.54) is 0 Å². The van der Waals surface area contributed by atoms with Gasteiger partial charge in [-0.1, -0.05) is 13.8 Å². The number of nitrogens with two attached hydrogens (primary N) is 1. The van der Waals surface area contributed by atoms with Crippen molar-refractivity contribution in [2.24, 2.45) is 23.5 Å². The highest BCUT2D eigenvalue weighted by Gasteiger charge is 2.36. The molecule has 0 spiro atoms. The number of carboxylic acids is 1. The van der Waals surface area contributed by atoms with Crippen molar-refractivity contribution in [2.75, 3.05) is 19.6 Å². The highest BCUT2D eigenvalue weighted by Crippen LogP contribution is 2.24. The van der Waals surface area contributed by atoms with Gasteiger partial charge in [-0.2, -0.15) is 0 Å². The topological polar surface area (TPSA) is 83.6 Å². The molecule has 18 heavy (non-hydrogen) atoms. The largest absolute Gasteiger partial charge is 0.481 e. The molecule has 0 aliphatic carbocycles. The Hall–Kier alpha value is -1.10. The maximum atomic E-state index is 12.0. The van der Waals surface area contributed by atoms with Gasteiger partial charge in [0.25, 0.3) is 0 Å². The van der Waals surface area contributed by atoms with Crippen molar-refractivity contribution < 1.29 is 14.7 Å². The fraction of sp³-hybridized carbons (Fsp3) is 0.846. The van der Waals surface area contributed by atoms with E-state index in [1.54, 1.807) is 4.90 Å². The van der Waals surface area contributed by atoms with Gasteiger partial charge in [-0.3, -0.25) is 9.59 Å². The first-order valence-corrected chi connectivity index (χ1v) is 6.66. The van der Waals surface area contributed by atoms with Gasteiger partial charge in [0.2, 0.25) is 5.91 Å². The lowest BCUT2D eigenvalue weighted by molar-refractivity contribution is -0.142. The van der Waals surface area contributed by atoms with Crippen molar-refractivity contribution in [3.63, 3.8) is 0 Å². The molecule has 3 N–H and O–H groups in total. The highest BCUT2D eigenvalue weighted by molar-refractivity contribution is 5.78. The van der Waals surface area contributed by atoms with Crippen molar-refractivity contribution in [3.8, 4) is 0 Å². The molecule has 1 unspecified atom stereocenters. The third kappa shape index (κ3) is 3.98. The molecule has 0 aromatic heterocycles. The van der Waals surface area contributed by atoms with Crippen LogP contribution in [0.25, 0.3) is 0 Å². The number of hydrogen-bond acceptors (Lipinski definition) is 3. The summed E-state index contributed by atoms with van der Waals surface area (Å²) in [6, 6.07) is 0. The van der Waals surface area contributed by atoms with E-state index < -0.39 is 11.9 Å². The van der Waals surface area contributed by atoms with Gasteiger partial charge in [-0.05, 0) is 31.2 Å². The van der Waals surface area contributed by atoms with E-state index in [9.17, 15) is 9.59 Å². The molecule has 0 radical (unpaired) electrons. The monoisotopic (exact) mass is 256 g/mol. The maximum absolute atomic E-state index is 12.0. The SMILES string of the molecule is CC(CCN)CCC(=O)N1C[C@@H](C)[C@H](C(=O)O)C1. The third-order valence-corrected chi connectivity index (χ3v) is 3.79. The van der Waals surface area contributed by atoms with Crippen molar-refractivity contribution in [1.29, 1.82) is 0 Å². The fourth-order valence-electron chi connectivity index (χ4n) is 2.45. The molecule has 1 amide bonds. The van der Waals surface area contributed by atoms with Gasteiger partial charge in [0, 0.05) is 19.5 Å². The fourth-order valence-corrected chi connectivity index (χ4v) is 2.45. The number of carboxylic acid groups (broad SMARTS) is 1. The minimum absolute atomic E-state index is 0.0490. The summed E-state index contributed by atoms with van der Waals surface area (Å²) in [5.74, 6) is -0.624. The first-order chi connectivity index (χ1) is 8.45. The van der Waals surface area contributed by atoms with Crippen LogP contribution in [0.5, 0.6) is 0 Å². The molecule has 0 bridgehead atoms. The van der Waals surface area contributed by atoms with Crippen molar-refractivity contribution in [3.05, 3.63) is 0 Å². The van der Waals surface area contributed by atoms with Crippen LogP contribution in [0.3, 0.4) is 0 Å². The second kappa shape index (κ2) is 6.73. The molecule has 1 heterocycles. The van der Waals surface area contributed by atoms with Gasteiger partial charge in [0.15, 0.2) is 0 Å². The second-order valence-electron chi connectivity index (χ2n) is 5.44. The van der Waals surface area contributed by atoms with Gasteiger partial charge >= 0.3 is 5.97 Å². The predicted octanol–water partition coefficient (Wildman–Crippen LogP) is 0.931. The lowest BCUT2D eigenvalue weighted by Gasteiger charge is -2.17. The van der Waals surface area contributed by atoms with Crippen LogP contribution in [0.2, 0.25) is 0 Å². The van der Waals surface area contributed by atoms with Gasteiger partial charge in [-0.15, -0.1) is 0 Å². The minimum Gasteiger partial charge on any atom is -0.481 e. The number of aliphatic carboxylic acids is 1. The van der Waals surface area contributed by atoms with Crippen LogP contribution < -0.4 is 5.73 Å². The molecule has 1 rings (SSSR count). The zero-order valence-electron chi connectivity index (χ0n) is 11.3. The summed E-state index contributed by atoms with van der Waals surface area (Å²) in [6.07, 6.45) is 2.26. The lowest BCUT2D eigenvalue weighted by Crippen LogP contribution is -2.30. The summed E-state index contributed by atoms with van der Waals surface area (Å²) in [4.78, 5) is 24.6. The standard InChI is InChI=1S/C13H24N2O3/c1-9(5-6-14)3-4-12(16)15-7-10(2)11(8-15)13(17)18/h9-11H,3-8,14H2,1-2H3,(H,17,18)/t9?,10-,11-/m1/s1. The van der Waals surface area contributed by atoms with E-state index in [0.717, 1.165) is 12.8 Å². The quantitative estimate of drug-likeness (QED) is 0.740. The van der Waals surface area contributed by atoms with Crippen LogP contribution in [0, 0.1) is 17.8 Å². The summed E-state index contributed by atoms with van der Waals surface area (Å²) >= 11 is 0. The maximum Gasteiger partial charge on any atom is 0.308 e. The summed E-state index contributed by atoms with van der Waals surface area (Å²) in [5, 5.41) is 9.02. The normalized spacial score (nSPS) is 25.2. The van der Waals surface area contributed by atoms with Crippen molar-refractivity contribution in [2.45, 2.75) is 33.1 Å². The molecule has 1 saturated heterocycles. The zero-order chi connectivity index (χ0) is 13.7. The van der Waals surface area contributed by atoms with Crippen molar-refractivity contribution in [1.82, 2.24) is 4.90 Å². The Kier molecular flexibility index (Phi) is 5.59. The molecule has 0 saturated carbocycles. The number of hydrogen-bond donors (Lipinski definition) is 2. The van der Waals surface area contributed by atoms with Crippen LogP contribution in [0.15, 0.2) is 0 Å². The number of nitrogens with zero attached hydrogens (tertiary/aromatic N) is 1. The summed E-state index contributed by atoms with van der Waals surface area (Å²) < 4.78 is 0. The zero-order valence-corrected chi connectivity index (χ0v) is 11.3. The van der Waals surface area contributed by atoms with Gasteiger partial charge in [0.05, 0.1) is 5.92 Å². The summed E-state index contributed by atoms with van der Waals surface area (Å²) in [5.41, 5.74) is 5.47. The molecule has 0 aromatic rings. The lowest BCUT2D eigenvalue weighted by atomic mass is 9.99. The Morgan fingerprint density at radius 1 is 1.39 bits per heavy atom. The van der Waals surface area contributed by atoms with Crippen LogP contribution in [-0.2, 0) is 9.59 Å². The van der Waals surface area contributed by atoms with Crippen molar-refractivity contribution >= 4 is 11.9 Å². The first-order valence-electron chi connectivity index (χ1n) is 6.66.